The monoisotopic (exact) mass is 315 g/mol. The molecule has 1 atom stereocenters. The van der Waals surface area contributed by atoms with E-state index in [1.165, 1.54) is 22.2 Å². The molecule has 126 valence electrons. The number of fused-ring (bicyclic) bond motifs is 1. The van der Waals surface area contributed by atoms with Gasteiger partial charge in [-0.3, -0.25) is 0 Å². The molecule has 0 saturated carbocycles. The molecular weight excluding hydrogens is 286 g/mol. The van der Waals surface area contributed by atoms with E-state index in [9.17, 15) is 0 Å². The highest BCUT2D eigenvalue weighted by molar-refractivity contribution is 5.82. The van der Waals surface area contributed by atoms with Crippen LogP contribution in [0.4, 0.5) is 0 Å². The minimum atomic E-state index is -0.467. The van der Waals surface area contributed by atoms with Crippen LogP contribution < -0.4 is 0 Å². The second-order valence-electron chi connectivity index (χ2n) is 8.09. The second-order valence-corrected chi connectivity index (χ2v) is 8.09. The highest BCUT2D eigenvalue weighted by Gasteiger charge is 2.34. The summed E-state index contributed by atoms with van der Waals surface area (Å²) in [5.41, 5.74) is 4.13. The zero-order chi connectivity index (χ0) is 16.8. The van der Waals surface area contributed by atoms with Crippen LogP contribution in [0.15, 0.2) is 24.3 Å². The van der Waals surface area contributed by atoms with E-state index in [2.05, 4.69) is 56.5 Å². The molecular formula is C20H29NO2. The van der Waals surface area contributed by atoms with Crippen molar-refractivity contribution in [2.75, 3.05) is 6.61 Å². The second kappa shape index (κ2) is 5.64. The van der Waals surface area contributed by atoms with Gasteiger partial charge in [0, 0.05) is 22.0 Å². The van der Waals surface area contributed by atoms with Gasteiger partial charge in [0.05, 0.1) is 13.2 Å². The highest BCUT2D eigenvalue weighted by atomic mass is 16.7. The van der Waals surface area contributed by atoms with Gasteiger partial charge in [0.1, 0.15) is 6.10 Å². The van der Waals surface area contributed by atoms with E-state index in [1.807, 2.05) is 13.8 Å². The van der Waals surface area contributed by atoms with Crippen molar-refractivity contribution < 1.29 is 9.47 Å². The normalized spacial score (nSPS) is 21.2. The van der Waals surface area contributed by atoms with Crippen LogP contribution in [0.3, 0.4) is 0 Å². The Kier molecular flexibility index (Phi) is 4.06. The Morgan fingerprint density at radius 1 is 1.22 bits per heavy atom. The fourth-order valence-corrected chi connectivity index (χ4v) is 3.42. The van der Waals surface area contributed by atoms with Gasteiger partial charge in [-0.2, -0.15) is 0 Å². The molecule has 1 aromatic heterocycles. The van der Waals surface area contributed by atoms with Crippen LogP contribution in [0.25, 0.3) is 10.9 Å². The summed E-state index contributed by atoms with van der Waals surface area (Å²) in [5, 5.41) is 1.33. The summed E-state index contributed by atoms with van der Waals surface area (Å²) in [7, 11) is 0. The van der Waals surface area contributed by atoms with Gasteiger partial charge in [-0.05, 0) is 44.0 Å². The van der Waals surface area contributed by atoms with Crippen LogP contribution in [0, 0.1) is 0 Å². The van der Waals surface area contributed by atoms with E-state index < -0.39 is 5.79 Å². The predicted octanol–water partition coefficient (Wildman–Crippen LogP) is 4.65. The highest BCUT2D eigenvalue weighted by Crippen LogP contribution is 2.32. The molecule has 0 unspecified atom stereocenters. The van der Waals surface area contributed by atoms with Crippen molar-refractivity contribution in [2.45, 2.75) is 71.8 Å². The van der Waals surface area contributed by atoms with E-state index in [-0.39, 0.29) is 11.5 Å². The summed E-state index contributed by atoms with van der Waals surface area (Å²) in [6, 6.07) is 9.15. The lowest BCUT2D eigenvalue weighted by Gasteiger charge is -2.24. The van der Waals surface area contributed by atoms with Crippen LogP contribution in [-0.2, 0) is 27.9 Å². The summed E-state index contributed by atoms with van der Waals surface area (Å²) in [5.74, 6) is -0.467. The predicted molar refractivity (Wildman–Crippen MR) is 94.9 cm³/mol. The van der Waals surface area contributed by atoms with E-state index in [1.54, 1.807) is 0 Å². The molecule has 1 aliphatic rings. The maximum absolute atomic E-state index is 6.04. The van der Waals surface area contributed by atoms with Gasteiger partial charge in [-0.15, -0.1) is 0 Å². The molecule has 0 radical (unpaired) electrons. The molecule has 1 aromatic carbocycles. The van der Waals surface area contributed by atoms with Crippen molar-refractivity contribution in [2.24, 2.45) is 0 Å². The molecule has 0 bridgehead atoms. The first-order chi connectivity index (χ1) is 10.7. The lowest BCUT2D eigenvalue weighted by molar-refractivity contribution is -0.139. The Morgan fingerprint density at radius 2 is 1.96 bits per heavy atom. The van der Waals surface area contributed by atoms with Crippen LogP contribution in [-0.4, -0.2) is 23.1 Å². The smallest absolute Gasteiger partial charge is 0.163 e. The number of ether oxygens (including phenoxy) is 2. The summed E-state index contributed by atoms with van der Waals surface area (Å²) in [6.45, 7) is 14.5. The molecule has 3 rings (SSSR count). The van der Waals surface area contributed by atoms with Crippen LogP contribution >= 0.6 is 0 Å². The quantitative estimate of drug-likeness (QED) is 0.823. The average Bonchev–Trinajstić information content (AvgIpc) is 2.99. The maximum Gasteiger partial charge on any atom is 0.163 e. The van der Waals surface area contributed by atoms with Crippen molar-refractivity contribution in [3.8, 4) is 0 Å². The lowest BCUT2D eigenvalue weighted by Crippen LogP contribution is -2.26. The molecule has 0 aliphatic carbocycles. The third-order valence-electron chi connectivity index (χ3n) is 4.60. The zero-order valence-corrected chi connectivity index (χ0v) is 15.3. The molecule has 1 saturated heterocycles. The van der Waals surface area contributed by atoms with E-state index in [0.717, 1.165) is 13.0 Å². The Bertz CT molecular complexity index is 706. The number of benzene rings is 1. The van der Waals surface area contributed by atoms with Gasteiger partial charge in [-0.25, -0.2) is 0 Å². The van der Waals surface area contributed by atoms with E-state index in [4.69, 9.17) is 9.47 Å². The SMILES string of the molecule is CCc1ccc2c(c1)cc(C(C)(C)C)n2C[C@@H]1COC(C)(C)O1. The largest absolute Gasteiger partial charge is 0.348 e. The van der Waals surface area contributed by atoms with Gasteiger partial charge in [-0.1, -0.05) is 33.8 Å². The average molecular weight is 315 g/mol. The Balaban J connectivity index is 2.03. The van der Waals surface area contributed by atoms with Crippen molar-refractivity contribution in [1.29, 1.82) is 0 Å². The number of rotatable bonds is 3. The van der Waals surface area contributed by atoms with Crippen LogP contribution in [0.1, 0.15) is 52.8 Å². The number of hydrogen-bond acceptors (Lipinski definition) is 2. The maximum atomic E-state index is 6.04. The van der Waals surface area contributed by atoms with Gasteiger partial charge in [0.25, 0.3) is 0 Å². The first kappa shape index (κ1) is 16.5. The molecule has 0 spiro atoms. The molecule has 2 aromatic rings. The first-order valence-corrected chi connectivity index (χ1v) is 8.64. The van der Waals surface area contributed by atoms with Crippen molar-refractivity contribution >= 4 is 10.9 Å². The zero-order valence-electron chi connectivity index (χ0n) is 15.3. The van der Waals surface area contributed by atoms with Crippen LogP contribution in [0.2, 0.25) is 0 Å². The lowest BCUT2D eigenvalue weighted by atomic mass is 9.92. The molecule has 1 aliphatic heterocycles. The van der Waals surface area contributed by atoms with E-state index in [0.29, 0.717) is 6.61 Å². The summed E-state index contributed by atoms with van der Waals surface area (Å²) >= 11 is 0. The van der Waals surface area contributed by atoms with Crippen molar-refractivity contribution in [1.82, 2.24) is 4.57 Å². The fraction of sp³-hybridized carbons (Fsp3) is 0.600. The van der Waals surface area contributed by atoms with Gasteiger partial charge >= 0.3 is 0 Å². The Morgan fingerprint density at radius 3 is 2.52 bits per heavy atom. The summed E-state index contributed by atoms with van der Waals surface area (Å²) in [6.07, 6.45) is 1.17. The van der Waals surface area contributed by atoms with E-state index >= 15 is 0 Å². The number of nitrogens with zero attached hydrogens (tertiary/aromatic N) is 1. The number of aryl methyl sites for hydroxylation is 1. The molecule has 2 heterocycles. The Labute approximate surface area is 139 Å². The molecule has 1 fully saturated rings. The Hall–Kier alpha value is -1.32. The molecule has 0 amide bonds. The van der Waals surface area contributed by atoms with Gasteiger partial charge in [0.2, 0.25) is 0 Å². The first-order valence-electron chi connectivity index (χ1n) is 8.64. The minimum Gasteiger partial charge on any atom is -0.348 e. The van der Waals surface area contributed by atoms with Crippen molar-refractivity contribution in [3.05, 3.63) is 35.5 Å². The van der Waals surface area contributed by atoms with Crippen LogP contribution in [0.5, 0.6) is 0 Å². The number of aromatic nitrogens is 1. The van der Waals surface area contributed by atoms with Gasteiger partial charge in [0.15, 0.2) is 5.79 Å². The molecule has 3 heteroatoms. The third kappa shape index (κ3) is 3.31. The summed E-state index contributed by atoms with van der Waals surface area (Å²) < 4.78 is 14.2. The number of hydrogen-bond donors (Lipinski definition) is 0. The molecule has 23 heavy (non-hydrogen) atoms. The third-order valence-corrected chi connectivity index (χ3v) is 4.60. The standard InChI is InChI=1S/C20H29NO2/c1-7-14-8-9-17-15(10-14)11-18(19(2,3)4)21(17)12-16-13-22-20(5,6)23-16/h8-11,16H,7,12-13H2,1-6H3/t16-/m1/s1. The molecule has 3 nitrogen and oxygen atoms in total. The minimum absolute atomic E-state index is 0.0976. The summed E-state index contributed by atoms with van der Waals surface area (Å²) in [4.78, 5) is 0. The van der Waals surface area contributed by atoms with Gasteiger partial charge < -0.3 is 14.0 Å². The topological polar surface area (TPSA) is 23.4 Å². The fourth-order valence-electron chi connectivity index (χ4n) is 3.42. The van der Waals surface area contributed by atoms with Crippen molar-refractivity contribution in [3.63, 3.8) is 0 Å². The molecule has 0 N–H and O–H groups in total.